The number of hydrazine groups is 1. The lowest BCUT2D eigenvalue weighted by Gasteiger charge is -2.41. The number of nitrogens with zero attached hydrogens (tertiary/aromatic N) is 4. The first-order valence-electron chi connectivity index (χ1n) is 14.5. The maximum absolute atomic E-state index is 13.2. The molecule has 0 aliphatic carbocycles. The van der Waals surface area contributed by atoms with Crippen molar-refractivity contribution in [3.8, 4) is 11.4 Å². The topological polar surface area (TPSA) is 33.5 Å². The van der Waals surface area contributed by atoms with E-state index in [0.29, 0.717) is 48.8 Å². The number of halogens is 5. The molecule has 0 spiro atoms. The molecule has 0 fully saturated rings. The summed E-state index contributed by atoms with van der Waals surface area (Å²) in [7, 11) is -8.16. The highest BCUT2D eigenvalue weighted by atomic mass is 32.5. The van der Waals surface area contributed by atoms with E-state index in [0.717, 1.165) is 35.5 Å². The Balaban J connectivity index is 0.00000174. The summed E-state index contributed by atoms with van der Waals surface area (Å²) in [6.07, 6.45) is 9.91. The third kappa shape index (κ3) is 11.3. The molecule has 242 valence electrons. The van der Waals surface area contributed by atoms with Crippen LogP contribution in [0.3, 0.4) is 0 Å². The fourth-order valence-electron chi connectivity index (χ4n) is 3.95. The van der Waals surface area contributed by atoms with Gasteiger partial charge in [0.05, 0.1) is 36.2 Å². The third-order valence-corrected chi connectivity index (χ3v) is 6.90. The Kier molecular flexibility index (Phi) is 13.4. The number of rotatable bonds is 12. The Morgan fingerprint density at radius 1 is 0.953 bits per heavy atom. The largest absolute Gasteiger partial charge is 0.495 e. The third-order valence-electron chi connectivity index (χ3n) is 5.74. The first-order valence-corrected chi connectivity index (χ1v) is 16.5. The van der Waals surface area contributed by atoms with Crippen molar-refractivity contribution in [1.29, 1.82) is 0 Å². The molecule has 3 rings (SSSR count). The molecule has 0 radical (unpaired) electrons. The number of aromatic nitrogens is 2. The van der Waals surface area contributed by atoms with E-state index < -0.39 is 15.1 Å². The first-order chi connectivity index (χ1) is 20.1. The van der Waals surface area contributed by atoms with Crippen LogP contribution in [0.25, 0.3) is 11.8 Å². The van der Waals surface area contributed by atoms with Crippen molar-refractivity contribution in [2.45, 2.75) is 72.6 Å². The molecular formula is C32H47F5N4OS. The van der Waals surface area contributed by atoms with Crippen molar-refractivity contribution in [1.82, 2.24) is 14.6 Å². The second-order valence-corrected chi connectivity index (χ2v) is 12.0. The Morgan fingerprint density at radius 3 is 2.00 bits per heavy atom. The molecule has 0 amide bonds. The number of hydrogen-bond acceptors (Lipinski definition) is 4. The number of methoxy groups -OCH3 is 1. The lowest BCUT2D eigenvalue weighted by Crippen LogP contribution is -2.42. The van der Waals surface area contributed by atoms with Crippen molar-refractivity contribution in [2.24, 2.45) is 0 Å². The summed E-state index contributed by atoms with van der Waals surface area (Å²) in [4.78, 5) is 2.34. The molecule has 2 aromatic carbocycles. The van der Waals surface area contributed by atoms with Gasteiger partial charge in [0.1, 0.15) is 10.6 Å². The lowest BCUT2D eigenvalue weighted by atomic mass is 10.1. The monoisotopic (exact) mass is 630 g/mol. The number of aryl methyl sites for hydroxylation is 1. The number of hydrogen-bond donors (Lipinski definition) is 0. The number of anilines is 1. The maximum Gasteiger partial charge on any atom is 0.310 e. The van der Waals surface area contributed by atoms with Crippen LogP contribution in [0.1, 0.15) is 72.1 Å². The summed E-state index contributed by atoms with van der Waals surface area (Å²) in [6.45, 7) is 19.2. The summed E-state index contributed by atoms with van der Waals surface area (Å²) in [6, 6.07) is 8.74. The van der Waals surface area contributed by atoms with Gasteiger partial charge in [-0.3, -0.25) is 10.0 Å². The molecule has 0 aliphatic rings. The van der Waals surface area contributed by atoms with Crippen molar-refractivity contribution in [3.05, 3.63) is 84.6 Å². The fourth-order valence-corrected chi connectivity index (χ4v) is 4.60. The van der Waals surface area contributed by atoms with E-state index in [2.05, 4.69) is 25.4 Å². The molecule has 3 aromatic rings. The Bertz CT molecular complexity index is 1320. The number of allylic oxidation sites excluding steroid dienone is 1. The van der Waals surface area contributed by atoms with Crippen LogP contribution in [0, 0.1) is 6.92 Å². The SMILES string of the molecule is C=C(/C=C/c1ccc(-n2cnc(C)c2)c(OC)c1)N(CCC)N(CCC)c1ccc(S(F)(F)(F)(F)F)cc1.CC.CCC. The van der Waals surface area contributed by atoms with Gasteiger partial charge in [0.15, 0.2) is 0 Å². The van der Waals surface area contributed by atoms with Crippen LogP contribution in [0.2, 0.25) is 0 Å². The zero-order chi connectivity index (χ0) is 32.9. The van der Waals surface area contributed by atoms with Crippen molar-refractivity contribution < 1.29 is 24.2 Å². The average molecular weight is 631 g/mol. The molecule has 0 N–H and O–H groups in total. The second kappa shape index (κ2) is 15.3. The van der Waals surface area contributed by atoms with Gasteiger partial charge >= 0.3 is 10.2 Å². The zero-order valence-corrected chi connectivity index (χ0v) is 27.4. The molecule has 0 unspecified atom stereocenters. The Morgan fingerprint density at radius 2 is 1.53 bits per heavy atom. The van der Waals surface area contributed by atoms with Gasteiger partial charge in [-0.25, -0.2) is 4.98 Å². The Labute approximate surface area is 254 Å². The smallest absolute Gasteiger partial charge is 0.310 e. The highest BCUT2D eigenvalue weighted by molar-refractivity contribution is 8.45. The minimum Gasteiger partial charge on any atom is -0.495 e. The van der Waals surface area contributed by atoms with Crippen LogP contribution in [0.4, 0.5) is 25.1 Å². The second-order valence-electron chi connectivity index (χ2n) is 9.59. The van der Waals surface area contributed by atoms with E-state index in [9.17, 15) is 19.4 Å². The van der Waals surface area contributed by atoms with E-state index in [1.165, 1.54) is 6.42 Å². The van der Waals surface area contributed by atoms with E-state index in [1.807, 2.05) is 74.7 Å². The summed E-state index contributed by atoms with van der Waals surface area (Å²) in [5.74, 6) is 0.650. The van der Waals surface area contributed by atoms with Gasteiger partial charge in [-0.2, -0.15) is 0 Å². The zero-order valence-electron chi connectivity index (χ0n) is 26.6. The molecule has 43 heavy (non-hydrogen) atoms. The van der Waals surface area contributed by atoms with Gasteiger partial charge < -0.3 is 9.30 Å². The summed E-state index contributed by atoms with van der Waals surface area (Å²) in [5.41, 5.74) is 3.51. The lowest BCUT2D eigenvalue weighted by molar-refractivity contribution is 0.323. The van der Waals surface area contributed by atoms with Gasteiger partial charge in [0.2, 0.25) is 0 Å². The number of imidazole rings is 1. The van der Waals surface area contributed by atoms with E-state index in [-0.39, 0.29) is 0 Å². The van der Waals surface area contributed by atoms with Gasteiger partial charge in [-0.1, -0.05) is 86.1 Å². The first kappa shape index (κ1) is 37.6. The number of benzene rings is 2. The van der Waals surface area contributed by atoms with Crippen LogP contribution in [-0.4, -0.2) is 34.8 Å². The molecular weight excluding hydrogens is 583 g/mol. The van der Waals surface area contributed by atoms with E-state index in [1.54, 1.807) is 24.5 Å². The van der Waals surface area contributed by atoms with Crippen LogP contribution in [-0.2, 0) is 0 Å². The van der Waals surface area contributed by atoms with E-state index >= 15 is 0 Å². The summed E-state index contributed by atoms with van der Waals surface area (Å²) < 4.78 is 73.5. The van der Waals surface area contributed by atoms with Crippen molar-refractivity contribution in [3.63, 3.8) is 0 Å². The quantitative estimate of drug-likeness (QED) is 0.113. The van der Waals surface area contributed by atoms with Crippen molar-refractivity contribution >= 4 is 22.0 Å². The minimum atomic E-state index is -9.75. The molecule has 0 aliphatic heterocycles. The van der Waals surface area contributed by atoms with Gasteiger partial charge in [0.25, 0.3) is 0 Å². The maximum atomic E-state index is 13.2. The molecule has 1 heterocycles. The Hall–Kier alpha value is -3.47. The summed E-state index contributed by atoms with van der Waals surface area (Å²) in [5, 5.41) is 3.60. The summed E-state index contributed by atoms with van der Waals surface area (Å²) >= 11 is 0. The van der Waals surface area contributed by atoms with Crippen LogP contribution < -0.4 is 9.75 Å². The van der Waals surface area contributed by atoms with Crippen LogP contribution >= 0.6 is 10.2 Å². The average Bonchev–Trinajstić information content (AvgIpc) is 3.39. The molecule has 0 saturated heterocycles. The highest BCUT2D eigenvalue weighted by Crippen LogP contribution is 3.02. The molecule has 0 bridgehead atoms. The molecule has 5 nitrogen and oxygen atoms in total. The van der Waals surface area contributed by atoms with Crippen LogP contribution in [0.15, 0.2) is 78.2 Å². The standard InChI is InChI=1S/C27H33F5N4OS.C3H8.C2H6/c1-6-16-35(36(17-7-2)24-11-13-25(14-12-24)38(28,29,30,31)32)22(4)8-9-23-10-15-26(27(18-23)37-5)34-19-21(3)33-20-34;1-3-2;1-2/h8-15,18-20H,4,6-7,16-17H2,1-3,5H3;3H2,1-2H3;1-2H3/b9-8+;;. The molecule has 1 aromatic heterocycles. The number of ether oxygens (including phenoxy) is 1. The van der Waals surface area contributed by atoms with Gasteiger partial charge in [-0.05, 0) is 67.8 Å². The van der Waals surface area contributed by atoms with Gasteiger partial charge in [0, 0.05) is 19.3 Å². The van der Waals surface area contributed by atoms with E-state index in [4.69, 9.17) is 4.74 Å². The minimum absolute atomic E-state index is 0.363. The van der Waals surface area contributed by atoms with Gasteiger partial charge in [-0.15, -0.1) is 0 Å². The highest BCUT2D eigenvalue weighted by Gasteiger charge is 2.65. The predicted octanol–water partition coefficient (Wildman–Crippen LogP) is 11.4. The predicted molar refractivity (Wildman–Crippen MR) is 173 cm³/mol. The fraction of sp³-hybridized carbons (Fsp3) is 0.406. The van der Waals surface area contributed by atoms with Crippen LogP contribution in [0.5, 0.6) is 5.75 Å². The van der Waals surface area contributed by atoms with Crippen molar-refractivity contribution in [2.75, 3.05) is 25.2 Å². The normalized spacial score (nSPS) is 12.7. The molecule has 11 heteroatoms. The molecule has 0 saturated carbocycles. The molecule has 0 atom stereocenters.